The molecule has 3 amide bonds. The van der Waals surface area contributed by atoms with Crippen LogP contribution in [0.4, 0.5) is 4.79 Å². The van der Waals surface area contributed by atoms with Gasteiger partial charge in [-0.1, -0.05) is 19.3 Å². The normalized spacial score (nSPS) is 21.0. The van der Waals surface area contributed by atoms with Gasteiger partial charge in [-0.05, 0) is 40.9 Å². The molecular formula is C15H17BrN2O3S. The Morgan fingerprint density at radius 3 is 2.55 bits per heavy atom. The summed E-state index contributed by atoms with van der Waals surface area (Å²) in [5.41, 5.74) is -0.717. The van der Waals surface area contributed by atoms with Gasteiger partial charge in [-0.2, -0.15) is 0 Å². The van der Waals surface area contributed by atoms with E-state index >= 15 is 0 Å². The third-order valence-electron chi connectivity index (χ3n) is 4.63. The number of hydrogen-bond donors (Lipinski definition) is 0. The highest BCUT2D eigenvalue weighted by Crippen LogP contribution is 2.39. The number of imide groups is 1. The number of rotatable bonds is 3. The molecule has 0 bridgehead atoms. The smallest absolute Gasteiger partial charge is 0.313 e. The Bertz CT molecular complexity index is 636. The number of ketones is 1. The summed E-state index contributed by atoms with van der Waals surface area (Å²) in [7, 11) is 1.68. The lowest BCUT2D eigenvalue weighted by Crippen LogP contribution is -2.49. The maximum absolute atomic E-state index is 12.8. The van der Waals surface area contributed by atoms with Crippen LogP contribution in [0.1, 0.15) is 41.8 Å². The number of carbonyl (C=O) groups excluding carboxylic acids is 3. The van der Waals surface area contributed by atoms with Crippen LogP contribution in [0.15, 0.2) is 15.9 Å². The van der Waals surface area contributed by atoms with Gasteiger partial charge in [0.25, 0.3) is 5.91 Å². The van der Waals surface area contributed by atoms with Crippen LogP contribution >= 0.6 is 27.3 Å². The number of likely N-dealkylation sites (N-methyl/N-ethyl adjacent to an activating group) is 1. The van der Waals surface area contributed by atoms with Crippen molar-refractivity contribution in [2.45, 2.75) is 37.6 Å². The molecular weight excluding hydrogens is 368 g/mol. The quantitative estimate of drug-likeness (QED) is 0.593. The van der Waals surface area contributed by atoms with Gasteiger partial charge in [0.05, 0.1) is 15.2 Å². The molecule has 0 atom stereocenters. The molecule has 2 fully saturated rings. The van der Waals surface area contributed by atoms with Crippen LogP contribution < -0.4 is 0 Å². The predicted octanol–water partition coefficient (Wildman–Crippen LogP) is 3.29. The van der Waals surface area contributed by atoms with E-state index in [1.807, 2.05) is 0 Å². The minimum absolute atomic E-state index is 0.170. The molecule has 118 valence electrons. The number of amides is 3. The van der Waals surface area contributed by atoms with Gasteiger partial charge < -0.3 is 4.90 Å². The summed E-state index contributed by atoms with van der Waals surface area (Å²) in [6, 6.07) is 3.15. The van der Waals surface area contributed by atoms with Crippen LogP contribution in [0.5, 0.6) is 0 Å². The molecule has 5 nitrogen and oxygen atoms in total. The SMILES string of the molecule is CN1C(=O)N(CC(=O)c2ccc(Br)s2)C(=O)C12CCCCC2. The lowest BCUT2D eigenvalue weighted by Gasteiger charge is -2.35. The molecule has 2 heterocycles. The largest absolute Gasteiger partial charge is 0.327 e. The fourth-order valence-electron chi connectivity index (χ4n) is 3.36. The number of nitrogens with zero attached hydrogens (tertiary/aromatic N) is 2. The molecule has 1 spiro atoms. The average molecular weight is 385 g/mol. The van der Waals surface area contributed by atoms with Crippen molar-refractivity contribution in [3.63, 3.8) is 0 Å². The van der Waals surface area contributed by atoms with E-state index in [1.165, 1.54) is 11.3 Å². The zero-order valence-corrected chi connectivity index (χ0v) is 14.7. The first-order valence-corrected chi connectivity index (χ1v) is 8.95. The highest BCUT2D eigenvalue weighted by Gasteiger charge is 2.55. The molecule has 0 unspecified atom stereocenters. The fraction of sp³-hybridized carbons (Fsp3) is 0.533. The second kappa shape index (κ2) is 5.77. The van der Waals surface area contributed by atoms with Crippen molar-refractivity contribution in [3.05, 3.63) is 20.8 Å². The zero-order valence-electron chi connectivity index (χ0n) is 12.3. The van der Waals surface area contributed by atoms with Crippen molar-refractivity contribution in [2.24, 2.45) is 0 Å². The highest BCUT2D eigenvalue weighted by atomic mass is 79.9. The lowest BCUT2D eigenvalue weighted by atomic mass is 9.81. The van der Waals surface area contributed by atoms with Crippen molar-refractivity contribution >= 4 is 45.0 Å². The van der Waals surface area contributed by atoms with Crippen LogP contribution in [-0.4, -0.2) is 46.7 Å². The topological polar surface area (TPSA) is 57.7 Å². The van der Waals surface area contributed by atoms with E-state index in [2.05, 4.69) is 15.9 Å². The van der Waals surface area contributed by atoms with Crippen molar-refractivity contribution in [1.29, 1.82) is 0 Å². The van der Waals surface area contributed by atoms with Crippen molar-refractivity contribution in [2.75, 3.05) is 13.6 Å². The molecule has 2 aliphatic rings. The number of hydrogen-bond acceptors (Lipinski definition) is 4. The molecule has 3 rings (SSSR count). The fourth-order valence-corrected chi connectivity index (χ4v) is 4.67. The molecule has 1 aliphatic carbocycles. The highest BCUT2D eigenvalue weighted by molar-refractivity contribution is 9.11. The molecule has 0 radical (unpaired) electrons. The first-order valence-electron chi connectivity index (χ1n) is 7.34. The number of thiophene rings is 1. The minimum atomic E-state index is -0.717. The average Bonchev–Trinajstić information content (AvgIpc) is 3.02. The van der Waals surface area contributed by atoms with Crippen molar-refractivity contribution in [3.8, 4) is 0 Å². The lowest BCUT2D eigenvalue weighted by molar-refractivity contribution is -0.134. The maximum Gasteiger partial charge on any atom is 0.327 e. The Morgan fingerprint density at radius 2 is 1.95 bits per heavy atom. The van der Waals surface area contributed by atoms with Crippen LogP contribution in [0.2, 0.25) is 0 Å². The molecule has 7 heteroatoms. The Hall–Kier alpha value is -1.21. The molecule has 0 N–H and O–H groups in total. The monoisotopic (exact) mass is 384 g/mol. The van der Waals surface area contributed by atoms with Gasteiger partial charge in [-0.3, -0.25) is 14.5 Å². The van der Waals surface area contributed by atoms with Gasteiger partial charge in [0.1, 0.15) is 5.54 Å². The van der Waals surface area contributed by atoms with Gasteiger partial charge in [0.15, 0.2) is 5.78 Å². The molecule has 1 aliphatic heterocycles. The third-order valence-corrected chi connectivity index (χ3v) is 6.30. The molecule has 1 aromatic heterocycles. The van der Waals surface area contributed by atoms with E-state index < -0.39 is 5.54 Å². The number of Topliss-reactive ketones (excluding diaryl/α,β-unsaturated/α-hetero) is 1. The van der Waals surface area contributed by atoms with E-state index in [4.69, 9.17) is 0 Å². The van der Waals surface area contributed by atoms with Crippen molar-refractivity contribution in [1.82, 2.24) is 9.80 Å². The zero-order chi connectivity index (χ0) is 15.9. The summed E-state index contributed by atoms with van der Waals surface area (Å²) < 4.78 is 0.857. The van der Waals surface area contributed by atoms with E-state index in [0.717, 1.165) is 27.9 Å². The summed E-state index contributed by atoms with van der Waals surface area (Å²) in [6.45, 7) is -0.170. The standard InChI is InChI=1S/C15H17BrN2O3S/c1-17-14(21)18(9-10(19)11-5-6-12(16)22-11)13(20)15(17)7-3-2-4-8-15/h5-6H,2-4,7-9H2,1H3. The Morgan fingerprint density at radius 1 is 1.27 bits per heavy atom. The van der Waals surface area contributed by atoms with Gasteiger partial charge in [-0.25, -0.2) is 4.79 Å². The Balaban J connectivity index is 1.81. The van der Waals surface area contributed by atoms with E-state index in [0.29, 0.717) is 17.7 Å². The first kappa shape index (κ1) is 15.7. The molecule has 1 aromatic rings. The summed E-state index contributed by atoms with van der Waals surface area (Å²) in [5.74, 6) is -0.401. The minimum Gasteiger partial charge on any atom is -0.313 e. The van der Waals surface area contributed by atoms with Gasteiger partial charge >= 0.3 is 6.03 Å². The van der Waals surface area contributed by atoms with Crippen molar-refractivity contribution < 1.29 is 14.4 Å². The summed E-state index contributed by atoms with van der Waals surface area (Å²) in [4.78, 5) is 40.8. The maximum atomic E-state index is 12.8. The number of halogens is 1. The van der Waals surface area contributed by atoms with Gasteiger partial charge in [0, 0.05) is 7.05 Å². The van der Waals surface area contributed by atoms with E-state index in [9.17, 15) is 14.4 Å². The van der Waals surface area contributed by atoms with E-state index in [1.54, 1.807) is 24.1 Å². The molecule has 1 saturated heterocycles. The van der Waals surface area contributed by atoms with E-state index in [-0.39, 0.29) is 24.3 Å². The van der Waals surface area contributed by atoms with Crippen LogP contribution in [0.25, 0.3) is 0 Å². The van der Waals surface area contributed by atoms with Crippen LogP contribution in [-0.2, 0) is 4.79 Å². The number of carbonyl (C=O) groups is 3. The molecule has 1 saturated carbocycles. The summed E-state index contributed by atoms with van der Waals surface area (Å²) in [6.07, 6.45) is 4.39. The predicted molar refractivity (Wildman–Crippen MR) is 87.0 cm³/mol. The van der Waals surface area contributed by atoms with Crippen LogP contribution in [0.3, 0.4) is 0 Å². The van der Waals surface area contributed by atoms with Crippen LogP contribution in [0, 0.1) is 0 Å². The second-order valence-electron chi connectivity index (χ2n) is 5.85. The molecule has 22 heavy (non-hydrogen) atoms. The second-order valence-corrected chi connectivity index (χ2v) is 8.32. The van der Waals surface area contributed by atoms with Gasteiger partial charge in [0.2, 0.25) is 0 Å². The Kier molecular flexibility index (Phi) is 4.11. The number of urea groups is 1. The summed E-state index contributed by atoms with van der Waals surface area (Å²) >= 11 is 4.63. The molecule has 0 aromatic carbocycles. The Labute approximate surface area is 141 Å². The third kappa shape index (κ3) is 2.40. The van der Waals surface area contributed by atoms with Gasteiger partial charge in [-0.15, -0.1) is 11.3 Å². The summed E-state index contributed by atoms with van der Waals surface area (Å²) in [5, 5.41) is 0. The first-order chi connectivity index (χ1) is 10.5.